The van der Waals surface area contributed by atoms with Gasteiger partial charge in [0.25, 0.3) is 5.78 Å². The largest absolute Gasteiger partial charge is 0.450 e. The van der Waals surface area contributed by atoms with Gasteiger partial charge in [-0.2, -0.15) is 9.50 Å². The van der Waals surface area contributed by atoms with Gasteiger partial charge >= 0.3 is 6.09 Å². The molecule has 154 valence electrons. The van der Waals surface area contributed by atoms with E-state index in [0.29, 0.717) is 38.6 Å². The minimum Gasteiger partial charge on any atom is -0.450 e. The highest BCUT2D eigenvalue weighted by atomic mass is 32.1. The molecule has 10 nitrogen and oxygen atoms in total. The van der Waals surface area contributed by atoms with E-state index in [1.165, 1.54) is 15.8 Å². The Hall–Kier alpha value is -2.53. The highest BCUT2D eigenvalue weighted by molar-refractivity contribution is 7.19. The fraction of sp³-hybridized carbons (Fsp3) is 0.611. The number of hydrogen-bond donors (Lipinski definition) is 0. The lowest BCUT2D eigenvalue weighted by Crippen LogP contribution is -2.49. The van der Waals surface area contributed by atoms with Crippen LogP contribution in [0.3, 0.4) is 0 Å². The molecular formula is C18H24N8O2S. The molecule has 0 aliphatic carbocycles. The smallest absolute Gasteiger partial charge is 0.409 e. The number of carbonyl (C=O) groups is 1. The van der Waals surface area contributed by atoms with Gasteiger partial charge < -0.3 is 14.5 Å². The standard InChI is InChI=1S/C18H24N8O2S/c1-3-23-6-5-12-13(11-23)29-16-14(12)15(19-17-20-21-22-26(16)17)24-7-9-25(10-8-24)18(27)28-4-2/h3-11H2,1-2H3. The van der Waals surface area contributed by atoms with E-state index in [1.54, 1.807) is 20.8 Å². The molecule has 1 saturated heterocycles. The predicted octanol–water partition coefficient (Wildman–Crippen LogP) is 1.39. The molecule has 5 rings (SSSR count). The van der Waals surface area contributed by atoms with E-state index in [4.69, 9.17) is 9.72 Å². The van der Waals surface area contributed by atoms with Crippen molar-refractivity contribution in [1.82, 2.24) is 34.8 Å². The molecule has 3 aromatic heterocycles. The van der Waals surface area contributed by atoms with Crippen LogP contribution in [0.5, 0.6) is 0 Å². The number of aromatic nitrogens is 5. The van der Waals surface area contributed by atoms with Crippen molar-refractivity contribution in [3.05, 3.63) is 10.4 Å². The van der Waals surface area contributed by atoms with Crippen LogP contribution in [0.25, 0.3) is 16.0 Å². The van der Waals surface area contributed by atoms with Crippen LogP contribution in [0.1, 0.15) is 24.3 Å². The van der Waals surface area contributed by atoms with Gasteiger partial charge in [-0.05, 0) is 35.9 Å². The normalized spacial score (nSPS) is 17.9. The van der Waals surface area contributed by atoms with E-state index >= 15 is 0 Å². The van der Waals surface area contributed by atoms with Gasteiger partial charge in [-0.25, -0.2) is 4.79 Å². The summed E-state index contributed by atoms with van der Waals surface area (Å²) in [5.74, 6) is 1.46. The van der Waals surface area contributed by atoms with Gasteiger partial charge in [-0.1, -0.05) is 12.0 Å². The van der Waals surface area contributed by atoms with Crippen molar-refractivity contribution in [2.45, 2.75) is 26.8 Å². The molecule has 0 saturated carbocycles. The predicted molar refractivity (Wildman–Crippen MR) is 109 cm³/mol. The van der Waals surface area contributed by atoms with Crippen LogP contribution in [-0.4, -0.2) is 86.8 Å². The summed E-state index contributed by atoms with van der Waals surface area (Å²) in [7, 11) is 0. The minimum atomic E-state index is -0.241. The zero-order chi connectivity index (χ0) is 20.0. The maximum absolute atomic E-state index is 12.0. The van der Waals surface area contributed by atoms with Gasteiger partial charge in [-0.15, -0.1) is 11.3 Å². The first-order valence-electron chi connectivity index (χ1n) is 10.1. The van der Waals surface area contributed by atoms with Crippen molar-refractivity contribution in [1.29, 1.82) is 0 Å². The lowest BCUT2D eigenvalue weighted by Gasteiger charge is -2.35. The van der Waals surface area contributed by atoms with Crippen molar-refractivity contribution < 1.29 is 9.53 Å². The Kier molecular flexibility index (Phi) is 4.70. The van der Waals surface area contributed by atoms with Gasteiger partial charge in [-0.3, -0.25) is 4.90 Å². The number of ether oxygens (including phenoxy) is 1. The zero-order valence-electron chi connectivity index (χ0n) is 16.7. The number of amides is 1. The summed E-state index contributed by atoms with van der Waals surface area (Å²) in [6.07, 6.45) is 0.767. The number of rotatable bonds is 3. The average Bonchev–Trinajstić information content (AvgIpc) is 3.37. The fourth-order valence-corrected chi connectivity index (χ4v) is 5.50. The van der Waals surface area contributed by atoms with Gasteiger partial charge in [0.05, 0.1) is 12.0 Å². The Balaban J connectivity index is 1.53. The molecule has 3 aromatic rings. The summed E-state index contributed by atoms with van der Waals surface area (Å²) >= 11 is 1.77. The first-order chi connectivity index (χ1) is 14.2. The highest BCUT2D eigenvalue weighted by Crippen LogP contribution is 2.39. The molecular weight excluding hydrogens is 392 g/mol. The second-order valence-corrected chi connectivity index (χ2v) is 8.39. The molecule has 0 N–H and O–H groups in total. The summed E-state index contributed by atoms with van der Waals surface area (Å²) < 4.78 is 6.90. The molecule has 0 aromatic carbocycles. The van der Waals surface area contributed by atoms with Crippen LogP contribution < -0.4 is 4.90 Å². The fourth-order valence-electron chi connectivity index (χ4n) is 4.17. The van der Waals surface area contributed by atoms with Crippen molar-refractivity contribution in [3.8, 4) is 0 Å². The molecule has 0 radical (unpaired) electrons. The molecule has 0 bridgehead atoms. The van der Waals surface area contributed by atoms with E-state index in [-0.39, 0.29) is 6.09 Å². The van der Waals surface area contributed by atoms with E-state index in [0.717, 1.165) is 36.7 Å². The Morgan fingerprint density at radius 2 is 2.00 bits per heavy atom. The van der Waals surface area contributed by atoms with Crippen LogP contribution in [0.2, 0.25) is 0 Å². The topological polar surface area (TPSA) is 92.0 Å². The van der Waals surface area contributed by atoms with E-state index < -0.39 is 0 Å². The molecule has 11 heteroatoms. The third-order valence-electron chi connectivity index (χ3n) is 5.74. The summed E-state index contributed by atoms with van der Waals surface area (Å²) in [5.41, 5.74) is 1.38. The molecule has 2 aliphatic rings. The van der Waals surface area contributed by atoms with E-state index in [9.17, 15) is 4.79 Å². The molecule has 2 aliphatic heterocycles. The van der Waals surface area contributed by atoms with Gasteiger partial charge in [0.1, 0.15) is 10.6 Å². The monoisotopic (exact) mass is 416 g/mol. The summed E-state index contributed by atoms with van der Waals surface area (Å²) in [6, 6.07) is 0. The first-order valence-corrected chi connectivity index (χ1v) is 10.9. The first kappa shape index (κ1) is 18.5. The van der Waals surface area contributed by atoms with Crippen molar-refractivity contribution >= 4 is 39.2 Å². The Morgan fingerprint density at radius 3 is 2.76 bits per heavy atom. The van der Waals surface area contributed by atoms with E-state index in [2.05, 4.69) is 32.2 Å². The molecule has 29 heavy (non-hydrogen) atoms. The lowest BCUT2D eigenvalue weighted by molar-refractivity contribution is 0.105. The molecule has 0 unspecified atom stereocenters. The zero-order valence-corrected chi connectivity index (χ0v) is 17.5. The number of hydrogen-bond acceptors (Lipinski definition) is 9. The number of nitrogens with zero attached hydrogens (tertiary/aromatic N) is 8. The van der Waals surface area contributed by atoms with Crippen LogP contribution in [-0.2, 0) is 17.7 Å². The number of piperazine rings is 1. The molecule has 0 atom stereocenters. The molecule has 1 amide bonds. The van der Waals surface area contributed by atoms with E-state index in [1.807, 2.05) is 6.92 Å². The SMILES string of the molecule is CCOC(=O)N1CCN(c2nc3nnnn3c3sc4c(c23)CCN(CC)C4)CC1. The number of fused-ring (bicyclic) bond motifs is 5. The van der Waals surface area contributed by atoms with Gasteiger partial charge in [0, 0.05) is 44.1 Å². The number of likely N-dealkylation sites (N-methyl/N-ethyl adjacent to an activating group) is 1. The maximum atomic E-state index is 12.0. The second kappa shape index (κ2) is 7.38. The minimum absolute atomic E-state index is 0.241. The van der Waals surface area contributed by atoms with Crippen molar-refractivity contribution in [3.63, 3.8) is 0 Å². The highest BCUT2D eigenvalue weighted by Gasteiger charge is 2.29. The number of carbonyl (C=O) groups excluding carboxylic acids is 1. The third kappa shape index (κ3) is 3.08. The third-order valence-corrected chi connectivity index (χ3v) is 6.94. The quantitative estimate of drug-likeness (QED) is 0.633. The van der Waals surface area contributed by atoms with Gasteiger partial charge in [0.15, 0.2) is 0 Å². The second-order valence-electron chi connectivity index (χ2n) is 7.30. The van der Waals surface area contributed by atoms with Crippen LogP contribution >= 0.6 is 11.3 Å². The van der Waals surface area contributed by atoms with Crippen LogP contribution in [0.4, 0.5) is 10.6 Å². The Bertz CT molecular complexity index is 1060. The van der Waals surface area contributed by atoms with Crippen LogP contribution in [0, 0.1) is 0 Å². The van der Waals surface area contributed by atoms with Crippen molar-refractivity contribution in [2.75, 3.05) is 50.8 Å². The summed E-state index contributed by atoms with van der Waals surface area (Å²) in [4.78, 5) is 25.8. The Labute approximate surface area is 172 Å². The van der Waals surface area contributed by atoms with Gasteiger partial charge in [0.2, 0.25) is 0 Å². The van der Waals surface area contributed by atoms with Crippen molar-refractivity contribution in [2.24, 2.45) is 0 Å². The Morgan fingerprint density at radius 1 is 1.17 bits per heavy atom. The summed E-state index contributed by atoms with van der Waals surface area (Å²) in [6.45, 7) is 10.2. The van der Waals surface area contributed by atoms with Crippen LogP contribution in [0.15, 0.2) is 0 Å². The molecule has 1 fully saturated rings. The number of thiophene rings is 1. The number of anilines is 1. The number of tetrazole rings is 1. The average molecular weight is 417 g/mol. The summed E-state index contributed by atoms with van der Waals surface area (Å²) in [5, 5.41) is 13.3. The molecule has 5 heterocycles. The lowest BCUT2D eigenvalue weighted by atomic mass is 10.0. The molecule has 0 spiro atoms. The maximum Gasteiger partial charge on any atom is 0.409 e.